The Kier molecular flexibility index (Phi) is 13.8. The number of piperazine rings is 1. The molecule has 7 rings (SSSR count). The average molecular weight is 921 g/mol. The van der Waals surface area contributed by atoms with Crippen molar-refractivity contribution in [1.82, 2.24) is 4.57 Å². The summed E-state index contributed by atoms with van der Waals surface area (Å²) in [5.41, 5.74) is 1.27. The number of aromatic carboxylic acids is 1. The van der Waals surface area contributed by atoms with Gasteiger partial charge in [0, 0.05) is 87.7 Å². The number of alkyl halides is 3. The number of hydrogen-bond donors (Lipinski definition) is 3. The van der Waals surface area contributed by atoms with Crippen molar-refractivity contribution in [3.63, 3.8) is 0 Å². The molecule has 0 atom stereocenters. The van der Waals surface area contributed by atoms with E-state index in [1.807, 2.05) is 118 Å². The zero-order valence-electron chi connectivity index (χ0n) is 34.1. The SMILES string of the molecule is Cc1c(C(=O)O)c(-c2cccc(N3CCN(c4ccc(NSc5ccc(NCCSc6ccccc6)c(S(=O)(=O)C(F)(F)F)c5)cc4)CC3)c2)c(-c2ccc(Cl)cc2)n1C(C)C. The van der Waals surface area contributed by atoms with Gasteiger partial charge in [-0.15, -0.1) is 11.8 Å². The quantitative estimate of drug-likeness (QED) is 0.0524. The first-order valence-electron chi connectivity index (χ1n) is 19.9. The van der Waals surface area contributed by atoms with Gasteiger partial charge in [-0.2, -0.15) is 13.2 Å². The molecule has 0 unspecified atom stereocenters. The second-order valence-corrected chi connectivity index (χ2v) is 19.3. The Hall–Kier alpha value is -5.22. The van der Waals surface area contributed by atoms with Crippen LogP contribution in [0.5, 0.6) is 0 Å². The molecule has 1 aliphatic heterocycles. The van der Waals surface area contributed by atoms with Gasteiger partial charge in [0.2, 0.25) is 0 Å². The molecule has 1 saturated heterocycles. The van der Waals surface area contributed by atoms with Crippen molar-refractivity contribution in [1.29, 1.82) is 0 Å². The van der Waals surface area contributed by atoms with Gasteiger partial charge >= 0.3 is 11.5 Å². The molecular formula is C46H45ClF3N5O4S3. The molecule has 5 aromatic carbocycles. The van der Waals surface area contributed by atoms with Crippen LogP contribution in [-0.2, 0) is 9.84 Å². The first-order valence-corrected chi connectivity index (χ1v) is 23.5. The molecule has 1 aliphatic rings. The van der Waals surface area contributed by atoms with Crippen LogP contribution >= 0.6 is 35.3 Å². The van der Waals surface area contributed by atoms with Gasteiger partial charge in [-0.3, -0.25) is 0 Å². The standard InChI is InChI=1S/C46H45ClF3N5O4S3/c1-30(2)55-31(3)42(45(56)57)43(44(55)32-12-14-34(47)15-13-32)33-8-7-9-37(28-33)54-25-23-53(24-26-54)36-18-16-35(17-19-36)52-61-39-20-21-40(41(29-39)62(58,59)46(48,49)50)51-22-27-60-38-10-5-4-6-11-38/h4-21,28-30,51-52H,22-27H2,1-3H3,(H,56,57). The normalized spacial score (nSPS) is 13.4. The van der Waals surface area contributed by atoms with Crippen LogP contribution in [0.1, 0.15) is 35.9 Å². The third kappa shape index (κ3) is 9.86. The Labute approximate surface area is 373 Å². The van der Waals surface area contributed by atoms with Gasteiger partial charge in [0.05, 0.1) is 16.9 Å². The molecule has 1 fully saturated rings. The van der Waals surface area contributed by atoms with Crippen molar-refractivity contribution < 1.29 is 31.5 Å². The predicted octanol–water partition coefficient (Wildman–Crippen LogP) is 12.0. The summed E-state index contributed by atoms with van der Waals surface area (Å²) in [6.07, 6.45) is 0. The number of aromatic nitrogens is 1. The largest absolute Gasteiger partial charge is 0.501 e. The Morgan fingerprint density at radius 2 is 1.47 bits per heavy atom. The minimum Gasteiger partial charge on any atom is -0.478 e. The summed E-state index contributed by atoms with van der Waals surface area (Å²) < 4.78 is 71.7. The number of nitrogens with zero attached hydrogens (tertiary/aromatic N) is 3. The van der Waals surface area contributed by atoms with E-state index in [0.29, 0.717) is 32.6 Å². The summed E-state index contributed by atoms with van der Waals surface area (Å²) in [5, 5.41) is 14.0. The Morgan fingerprint density at radius 3 is 2.10 bits per heavy atom. The zero-order valence-corrected chi connectivity index (χ0v) is 37.3. The van der Waals surface area contributed by atoms with E-state index in [1.54, 1.807) is 6.07 Å². The molecule has 3 N–H and O–H groups in total. The fourth-order valence-electron chi connectivity index (χ4n) is 7.66. The molecule has 1 aromatic heterocycles. The molecule has 62 heavy (non-hydrogen) atoms. The van der Waals surface area contributed by atoms with Crippen LogP contribution in [0.15, 0.2) is 136 Å². The van der Waals surface area contributed by atoms with Gasteiger partial charge in [0.15, 0.2) is 0 Å². The first-order chi connectivity index (χ1) is 29.6. The highest BCUT2D eigenvalue weighted by Gasteiger charge is 2.48. The van der Waals surface area contributed by atoms with Crippen LogP contribution in [0.2, 0.25) is 5.02 Å². The number of carboxylic acids is 1. The summed E-state index contributed by atoms with van der Waals surface area (Å²) in [6.45, 7) is 9.11. The van der Waals surface area contributed by atoms with Crippen molar-refractivity contribution >= 4 is 73.9 Å². The third-order valence-electron chi connectivity index (χ3n) is 10.6. The van der Waals surface area contributed by atoms with E-state index >= 15 is 0 Å². The highest BCUT2D eigenvalue weighted by atomic mass is 35.5. The minimum atomic E-state index is -5.62. The van der Waals surface area contributed by atoms with Gasteiger partial charge in [0.25, 0.3) is 9.84 Å². The van der Waals surface area contributed by atoms with Crippen LogP contribution in [0.4, 0.5) is 35.9 Å². The Balaban J connectivity index is 1.01. The van der Waals surface area contributed by atoms with Crippen LogP contribution in [0, 0.1) is 6.92 Å². The third-order valence-corrected chi connectivity index (χ3v) is 14.2. The van der Waals surface area contributed by atoms with E-state index in [0.717, 1.165) is 77.3 Å². The van der Waals surface area contributed by atoms with Crippen molar-refractivity contribution in [2.45, 2.75) is 47.0 Å². The maximum atomic E-state index is 13.7. The first kappa shape index (κ1) is 44.8. The molecule has 324 valence electrons. The number of thioether (sulfide) groups is 1. The topological polar surface area (TPSA) is 107 Å². The summed E-state index contributed by atoms with van der Waals surface area (Å²) in [5.74, 6) is -0.464. The molecule has 0 bridgehead atoms. The highest BCUT2D eigenvalue weighted by Crippen LogP contribution is 2.43. The van der Waals surface area contributed by atoms with Gasteiger partial charge in [-0.25, -0.2) is 13.2 Å². The predicted molar refractivity (Wildman–Crippen MR) is 248 cm³/mol. The van der Waals surface area contributed by atoms with Crippen molar-refractivity contribution in [3.8, 4) is 22.4 Å². The Morgan fingerprint density at radius 1 is 0.806 bits per heavy atom. The smallest absolute Gasteiger partial charge is 0.478 e. The molecule has 0 spiro atoms. The minimum absolute atomic E-state index is 0.00809. The number of halogens is 4. The number of rotatable bonds is 15. The lowest BCUT2D eigenvalue weighted by Crippen LogP contribution is -2.46. The number of anilines is 4. The molecule has 6 aromatic rings. The van der Waals surface area contributed by atoms with Crippen LogP contribution in [0.25, 0.3) is 22.4 Å². The molecule has 0 aliphatic carbocycles. The lowest BCUT2D eigenvalue weighted by atomic mass is 9.96. The van der Waals surface area contributed by atoms with E-state index in [1.165, 1.54) is 17.8 Å². The van der Waals surface area contributed by atoms with E-state index in [4.69, 9.17) is 11.6 Å². The van der Waals surface area contributed by atoms with Gasteiger partial charge in [-0.1, -0.05) is 54.1 Å². The zero-order chi connectivity index (χ0) is 44.2. The Bertz CT molecular complexity index is 2640. The highest BCUT2D eigenvalue weighted by molar-refractivity contribution is 8.00. The van der Waals surface area contributed by atoms with Crippen LogP contribution < -0.4 is 19.8 Å². The van der Waals surface area contributed by atoms with E-state index in [-0.39, 0.29) is 23.8 Å². The molecule has 0 amide bonds. The molecule has 16 heteroatoms. The maximum Gasteiger partial charge on any atom is 0.501 e. The van der Waals surface area contributed by atoms with E-state index < -0.39 is 26.2 Å². The molecular weight excluding hydrogens is 875 g/mol. The van der Waals surface area contributed by atoms with Crippen molar-refractivity contribution in [3.05, 3.63) is 138 Å². The molecule has 0 saturated carbocycles. The number of hydrogen-bond acceptors (Lipinski definition) is 9. The molecule has 2 heterocycles. The number of benzene rings is 5. The summed E-state index contributed by atoms with van der Waals surface area (Å²) >= 11 is 8.77. The lowest BCUT2D eigenvalue weighted by Gasteiger charge is -2.37. The lowest BCUT2D eigenvalue weighted by molar-refractivity contribution is -0.0435. The summed E-state index contributed by atoms with van der Waals surface area (Å²) in [6, 6.07) is 36.7. The van der Waals surface area contributed by atoms with E-state index in [2.05, 4.69) is 30.5 Å². The number of carboxylic acid groups (broad SMARTS) is 1. The van der Waals surface area contributed by atoms with E-state index in [9.17, 15) is 31.5 Å². The fourth-order valence-corrected chi connectivity index (χ4v) is 10.3. The average Bonchev–Trinajstić information content (AvgIpc) is 3.58. The van der Waals surface area contributed by atoms with Crippen molar-refractivity contribution in [2.75, 3.05) is 58.3 Å². The second-order valence-electron chi connectivity index (χ2n) is 14.9. The number of nitrogens with one attached hydrogen (secondary N) is 2. The number of sulfone groups is 1. The van der Waals surface area contributed by atoms with Gasteiger partial charge < -0.3 is 29.5 Å². The fraction of sp³-hybridized carbons (Fsp3) is 0.239. The molecule has 9 nitrogen and oxygen atoms in total. The summed E-state index contributed by atoms with van der Waals surface area (Å²) in [7, 11) is -5.62. The van der Waals surface area contributed by atoms with Gasteiger partial charge in [0.1, 0.15) is 4.90 Å². The number of carbonyl (C=O) groups is 1. The monoisotopic (exact) mass is 919 g/mol. The van der Waals surface area contributed by atoms with Gasteiger partial charge in [-0.05, 0) is 123 Å². The van der Waals surface area contributed by atoms with Crippen LogP contribution in [0.3, 0.4) is 0 Å². The van der Waals surface area contributed by atoms with Crippen LogP contribution in [-0.4, -0.2) is 68.0 Å². The summed E-state index contributed by atoms with van der Waals surface area (Å²) in [4.78, 5) is 17.8. The molecule has 0 radical (unpaired) electrons. The maximum absolute atomic E-state index is 13.7. The second kappa shape index (κ2) is 19.0. The van der Waals surface area contributed by atoms with Crippen molar-refractivity contribution in [2.24, 2.45) is 0 Å².